The van der Waals surface area contributed by atoms with Gasteiger partial charge in [0, 0.05) is 19.3 Å². The maximum Gasteiger partial charge on any atom is 0.306 e. The van der Waals surface area contributed by atoms with Gasteiger partial charge in [-0.25, -0.2) is 0 Å². The van der Waals surface area contributed by atoms with E-state index in [2.05, 4.69) is 118 Å². The summed E-state index contributed by atoms with van der Waals surface area (Å²) in [5.74, 6) is -1.01. The van der Waals surface area contributed by atoms with E-state index in [0.717, 1.165) is 96.3 Å². The van der Waals surface area contributed by atoms with Gasteiger partial charge in [0.05, 0.1) is 0 Å². The Morgan fingerprint density at radius 2 is 0.730 bits per heavy atom. The molecule has 0 amide bonds. The average Bonchev–Trinajstić information content (AvgIpc) is 3.28. The van der Waals surface area contributed by atoms with Gasteiger partial charge in [-0.15, -0.1) is 0 Å². The molecule has 1 atom stereocenters. The quantitative estimate of drug-likeness (QED) is 0.0199. The molecule has 0 N–H and O–H groups in total. The Hall–Kier alpha value is -3.93. The van der Waals surface area contributed by atoms with Crippen LogP contribution in [0.25, 0.3) is 0 Å². The van der Waals surface area contributed by atoms with Gasteiger partial charge in [-0.3, -0.25) is 14.4 Å². The van der Waals surface area contributed by atoms with Crippen LogP contribution in [0.3, 0.4) is 0 Å². The van der Waals surface area contributed by atoms with Gasteiger partial charge >= 0.3 is 17.9 Å². The number of hydrogen-bond acceptors (Lipinski definition) is 6. The van der Waals surface area contributed by atoms with Crippen molar-refractivity contribution >= 4 is 17.9 Å². The first-order valence-corrected chi connectivity index (χ1v) is 25.4. The lowest BCUT2D eigenvalue weighted by Crippen LogP contribution is -2.30. The minimum Gasteiger partial charge on any atom is -0.462 e. The van der Waals surface area contributed by atoms with Crippen LogP contribution in [0.5, 0.6) is 0 Å². The third kappa shape index (κ3) is 49.0. The number of allylic oxidation sites excluding steroid dienone is 18. The SMILES string of the molecule is CC\C=C/C=C\C=C/CCCCCCCCCC(=O)OC(COC(=O)CC/C=C\C/C=C\C/C=C\C/C=C\C/C=C\C/C=C\CC)COC(=O)CCCCCCCCCCCCC. The lowest BCUT2D eigenvalue weighted by molar-refractivity contribution is -0.166. The van der Waals surface area contributed by atoms with Crippen LogP contribution in [0.2, 0.25) is 0 Å². The molecule has 0 aromatic carbocycles. The van der Waals surface area contributed by atoms with Crippen molar-refractivity contribution in [3.8, 4) is 0 Å². The molecule has 0 aliphatic rings. The van der Waals surface area contributed by atoms with Crippen LogP contribution < -0.4 is 0 Å². The Morgan fingerprint density at radius 1 is 0.349 bits per heavy atom. The summed E-state index contributed by atoms with van der Waals surface area (Å²) in [4.78, 5) is 37.9. The number of rotatable bonds is 44. The van der Waals surface area contributed by atoms with Crippen LogP contribution >= 0.6 is 0 Å². The second-order valence-corrected chi connectivity index (χ2v) is 16.4. The van der Waals surface area contributed by atoms with Crippen molar-refractivity contribution < 1.29 is 28.6 Å². The van der Waals surface area contributed by atoms with Crippen LogP contribution in [-0.2, 0) is 28.6 Å². The molecule has 0 fully saturated rings. The van der Waals surface area contributed by atoms with Gasteiger partial charge in [0.2, 0.25) is 0 Å². The summed E-state index contributed by atoms with van der Waals surface area (Å²) in [7, 11) is 0. The van der Waals surface area contributed by atoms with Crippen molar-refractivity contribution in [2.75, 3.05) is 13.2 Å². The van der Waals surface area contributed by atoms with Crippen molar-refractivity contribution in [3.63, 3.8) is 0 Å². The minimum absolute atomic E-state index is 0.107. The average molecular weight is 873 g/mol. The Bertz CT molecular complexity index is 1330. The predicted octanol–water partition coefficient (Wildman–Crippen LogP) is 16.8. The molecule has 0 aromatic heterocycles. The standard InChI is InChI=1S/C57H92O6/c1-4-7-10-13-16-19-22-24-26-27-28-29-31-32-35-38-41-44-47-50-56(59)62-53-54(52-61-55(58)49-46-43-40-37-34-21-18-15-12-9-6-3)63-57(60)51-48-45-42-39-36-33-30-25-23-20-17-14-11-8-5-2/h7-8,10-11,14,16-17,19-20,23-24,26,28-29,32,35,41,44,54H,4-6,9,12-13,15,18,21-22,25,27,30-31,33-34,36-40,42-43,45-53H2,1-3H3/b10-7-,11-8-,17-14-,19-16-,23-20-,26-24-,29-28-,35-32-,44-41-. The van der Waals surface area contributed by atoms with Crippen molar-refractivity contribution in [1.29, 1.82) is 0 Å². The van der Waals surface area contributed by atoms with E-state index in [1.165, 1.54) is 70.6 Å². The fourth-order valence-corrected chi connectivity index (χ4v) is 6.58. The first kappa shape index (κ1) is 59.1. The molecule has 0 radical (unpaired) electrons. The summed E-state index contributed by atoms with van der Waals surface area (Å²) in [6.45, 7) is 6.30. The monoisotopic (exact) mass is 873 g/mol. The smallest absolute Gasteiger partial charge is 0.306 e. The van der Waals surface area contributed by atoms with Gasteiger partial charge in [0.15, 0.2) is 6.10 Å². The van der Waals surface area contributed by atoms with E-state index >= 15 is 0 Å². The summed E-state index contributed by atoms with van der Waals surface area (Å²) in [6.07, 6.45) is 68.0. The molecule has 1 unspecified atom stereocenters. The maximum atomic E-state index is 12.8. The molecule has 0 heterocycles. The molecule has 0 spiro atoms. The van der Waals surface area contributed by atoms with E-state index < -0.39 is 6.10 Å². The maximum absolute atomic E-state index is 12.8. The third-order valence-electron chi connectivity index (χ3n) is 10.3. The van der Waals surface area contributed by atoms with Crippen molar-refractivity contribution in [2.24, 2.45) is 0 Å². The van der Waals surface area contributed by atoms with E-state index in [4.69, 9.17) is 14.2 Å². The lowest BCUT2D eigenvalue weighted by Gasteiger charge is -2.18. The molecule has 0 saturated carbocycles. The van der Waals surface area contributed by atoms with E-state index in [1.54, 1.807) is 0 Å². The van der Waals surface area contributed by atoms with Gasteiger partial charge in [-0.2, -0.15) is 0 Å². The first-order valence-electron chi connectivity index (χ1n) is 25.4. The minimum atomic E-state index is -0.814. The Labute approximate surface area is 387 Å². The number of hydrogen-bond donors (Lipinski definition) is 0. The van der Waals surface area contributed by atoms with Gasteiger partial charge in [-0.1, -0.05) is 226 Å². The molecular formula is C57H92O6. The number of carbonyl (C=O) groups excluding carboxylic acids is 3. The molecule has 0 rings (SSSR count). The third-order valence-corrected chi connectivity index (χ3v) is 10.3. The summed E-state index contributed by atoms with van der Waals surface area (Å²) < 4.78 is 16.7. The summed E-state index contributed by atoms with van der Waals surface area (Å²) in [6, 6.07) is 0. The summed E-state index contributed by atoms with van der Waals surface area (Å²) >= 11 is 0. The normalized spacial score (nSPS) is 13.0. The zero-order valence-electron chi connectivity index (χ0n) is 40.5. The van der Waals surface area contributed by atoms with Gasteiger partial charge in [-0.05, 0) is 77.0 Å². The highest BCUT2D eigenvalue weighted by molar-refractivity contribution is 5.71. The van der Waals surface area contributed by atoms with Crippen LogP contribution in [0.1, 0.15) is 213 Å². The molecular weight excluding hydrogens is 781 g/mol. The Morgan fingerprint density at radius 3 is 1.21 bits per heavy atom. The van der Waals surface area contributed by atoms with Crippen LogP contribution in [0.15, 0.2) is 109 Å². The van der Waals surface area contributed by atoms with Crippen LogP contribution in [0, 0.1) is 0 Å². The first-order chi connectivity index (χ1) is 31.0. The van der Waals surface area contributed by atoms with Crippen molar-refractivity contribution in [2.45, 2.75) is 219 Å². The van der Waals surface area contributed by atoms with Crippen molar-refractivity contribution in [3.05, 3.63) is 109 Å². The van der Waals surface area contributed by atoms with Gasteiger partial charge in [0.25, 0.3) is 0 Å². The number of ether oxygens (including phenoxy) is 3. The molecule has 0 bridgehead atoms. The molecule has 0 saturated heterocycles. The van der Waals surface area contributed by atoms with E-state index in [1.807, 2.05) is 12.2 Å². The highest BCUT2D eigenvalue weighted by Crippen LogP contribution is 2.14. The molecule has 356 valence electrons. The van der Waals surface area contributed by atoms with Crippen molar-refractivity contribution in [1.82, 2.24) is 0 Å². The van der Waals surface area contributed by atoms with Crippen LogP contribution in [-0.4, -0.2) is 37.2 Å². The fourth-order valence-electron chi connectivity index (χ4n) is 6.58. The van der Waals surface area contributed by atoms with E-state index in [-0.39, 0.29) is 37.5 Å². The Balaban J connectivity index is 4.51. The number of esters is 3. The van der Waals surface area contributed by atoms with E-state index in [0.29, 0.717) is 19.3 Å². The number of carbonyl (C=O) groups is 3. The topological polar surface area (TPSA) is 78.9 Å². The molecule has 6 nitrogen and oxygen atoms in total. The molecule has 6 heteroatoms. The second-order valence-electron chi connectivity index (χ2n) is 16.4. The molecule has 0 aliphatic carbocycles. The Kier molecular flexibility index (Phi) is 47.5. The van der Waals surface area contributed by atoms with Gasteiger partial charge in [0.1, 0.15) is 13.2 Å². The van der Waals surface area contributed by atoms with E-state index in [9.17, 15) is 14.4 Å². The largest absolute Gasteiger partial charge is 0.462 e. The predicted molar refractivity (Wildman–Crippen MR) is 270 cm³/mol. The second kappa shape index (κ2) is 50.7. The zero-order valence-corrected chi connectivity index (χ0v) is 40.5. The molecule has 0 aromatic rings. The highest BCUT2D eigenvalue weighted by Gasteiger charge is 2.19. The zero-order chi connectivity index (χ0) is 45.8. The summed E-state index contributed by atoms with van der Waals surface area (Å²) in [5, 5.41) is 0. The van der Waals surface area contributed by atoms with Crippen LogP contribution in [0.4, 0.5) is 0 Å². The van der Waals surface area contributed by atoms with Gasteiger partial charge < -0.3 is 14.2 Å². The molecule has 0 aliphatic heterocycles. The fraction of sp³-hybridized carbons (Fsp3) is 0.632. The lowest BCUT2D eigenvalue weighted by atomic mass is 10.1. The highest BCUT2D eigenvalue weighted by atomic mass is 16.6. The number of unbranched alkanes of at least 4 members (excludes halogenated alkanes) is 17. The summed E-state index contributed by atoms with van der Waals surface area (Å²) in [5.41, 5.74) is 0. The molecule has 63 heavy (non-hydrogen) atoms.